The molecule has 0 saturated carbocycles. The zero-order valence-corrected chi connectivity index (χ0v) is 11.3. The van der Waals surface area contributed by atoms with Crippen molar-refractivity contribution in [2.45, 2.75) is 48.5 Å². The van der Waals surface area contributed by atoms with Crippen LogP contribution in [0.2, 0.25) is 0 Å². The van der Waals surface area contributed by atoms with Crippen LogP contribution in [0.1, 0.15) is 48.5 Å². The lowest BCUT2D eigenvalue weighted by Crippen LogP contribution is -2.11. The number of allylic oxidation sites excluding steroid dienone is 3. The van der Waals surface area contributed by atoms with Crippen LogP contribution in [0.25, 0.3) is 0 Å². The fourth-order valence-electron chi connectivity index (χ4n) is 1.04. The molecule has 0 amide bonds. The molecular formula is C14H25N. The fourth-order valence-corrected chi connectivity index (χ4v) is 1.04. The third kappa shape index (κ3) is 4.96. The molecular weight excluding hydrogens is 182 g/mol. The van der Waals surface area contributed by atoms with Gasteiger partial charge < -0.3 is 0 Å². The summed E-state index contributed by atoms with van der Waals surface area (Å²) in [7, 11) is 0. The van der Waals surface area contributed by atoms with Gasteiger partial charge in [0.1, 0.15) is 0 Å². The molecule has 15 heavy (non-hydrogen) atoms. The van der Waals surface area contributed by atoms with E-state index < -0.39 is 0 Å². The van der Waals surface area contributed by atoms with Gasteiger partial charge in [-0.25, -0.2) is 0 Å². The summed E-state index contributed by atoms with van der Waals surface area (Å²) in [5, 5.41) is 0. The molecule has 0 atom stereocenters. The second kappa shape index (κ2) is 4.78. The monoisotopic (exact) mass is 207 g/mol. The van der Waals surface area contributed by atoms with Crippen LogP contribution in [-0.4, -0.2) is 6.21 Å². The van der Waals surface area contributed by atoms with Gasteiger partial charge in [0.2, 0.25) is 0 Å². The average molecular weight is 207 g/mol. The second-order valence-corrected chi connectivity index (χ2v) is 5.96. The van der Waals surface area contributed by atoms with Gasteiger partial charge in [-0.2, -0.15) is 0 Å². The van der Waals surface area contributed by atoms with Crippen molar-refractivity contribution in [3.05, 3.63) is 23.9 Å². The van der Waals surface area contributed by atoms with E-state index in [0.29, 0.717) is 0 Å². The van der Waals surface area contributed by atoms with Crippen molar-refractivity contribution in [2.75, 3.05) is 0 Å². The molecule has 86 valence electrons. The Labute approximate surface area is 95.0 Å². The highest BCUT2D eigenvalue weighted by molar-refractivity contribution is 5.80. The zero-order chi connectivity index (χ0) is 12.3. The first-order valence-electron chi connectivity index (χ1n) is 5.49. The van der Waals surface area contributed by atoms with Crippen molar-refractivity contribution < 1.29 is 0 Å². The summed E-state index contributed by atoms with van der Waals surface area (Å²) in [5.74, 6) is 0. The summed E-state index contributed by atoms with van der Waals surface area (Å²) >= 11 is 0. The average Bonchev–Trinajstić information content (AvgIpc) is 2.00. The van der Waals surface area contributed by atoms with Crippen molar-refractivity contribution in [1.82, 2.24) is 0 Å². The summed E-state index contributed by atoms with van der Waals surface area (Å²) in [6.07, 6.45) is 3.95. The Morgan fingerprint density at radius 1 is 1.00 bits per heavy atom. The van der Waals surface area contributed by atoms with E-state index in [4.69, 9.17) is 0 Å². The summed E-state index contributed by atoms with van der Waals surface area (Å²) in [6.45, 7) is 19.0. The van der Waals surface area contributed by atoms with Gasteiger partial charge in [-0.1, -0.05) is 54.2 Å². The van der Waals surface area contributed by atoms with Gasteiger partial charge in [-0.15, -0.1) is 0 Å². The van der Waals surface area contributed by atoms with Gasteiger partial charge in [-0.3, -0.25) is 4.99 Å². The first-order chi connectivity index (χ1) is 6.59. The van der Waals surface area contributed by atoms with Crippen LogP contribution in [0.4, 0.5) is 0 Å². The van der Waals surface area contributed by atoms with E-state index in [1.54, 1.807) is 0 Å². The SMILES string of the molecule is C=C(C=N/C(=C\C)C(C)(C)C)C(C)(C)C. The predicted molar refractivity (Wildman–Crippen MR) is 70.3 cm³/mol. The predicted octanol–water partition coefficient (Wildman–Crippen LogP) is 4.61. The Bertz CT molecular complexity index is 279. The molecule has 0 aliphatic heterocycles. The first-order valence-corrected chi connectivity index (χ1v) is 5.49. The van der Waals surface area contributed by atoms with E-state index in [2.05, 4.69) is 59.2 Å². The summed E-state index contributed by atoms with van der Waals surface area (Å²) in [4.78, 5) is 4.52. The third-order valence-electron chi connectivity index (χ3n) is 2.36. The third-order valence-corrected chi connectivity index (χ3v) is 2.36. The summed E-state index contributed by atoms with van der Waals surface area (Å²) in [5.41, 5.74) is 2.36. The molecule has 0 fully saturated rings. The summed E-state index contributed by atoms with van der Waals surface area (Å²) < 4.78 is 0. The molecule has 0 aliphatic rings. The van der Waals surface area contributed by atoms with Gasteiger partial charge >= 0.3 is 0 Å². The maximum Gasteiger partial charge on any atom is 0.0414 e. The lowest BCUT2D eigenvalue weighted by Gasteiger charge is -2.21. The quantitative estimate of drug-likeness (QED) is 0.586. The van der Waals surface area contributed by atoms with E-state index in [-0.39, 0.29) is 10.8 Å². The highest BCUT2D eigenvalue weighted by atomic mass is 14.8. The van der Waals surface area contributed by atoms with Gasteiger partial charge in [0.25, 0.3) is 0 Å². The first kappa shape index (κ1) is 14.2. The Kier molecular flexibility index (Phi) is 4.51. The van der Waals surface area contributed by atoms with Crippen molar-refractivity contribution in [3.8, 4) is 0 Å². The Morgan fingerprint density at radius 3 is 1.73 bits per heavy atom. The minimum atomic E-state index is 0.0975. The second-order valence-electron chi connectivity index (χ2n) is 5.96. The maximum atomic E-state index is 4.52. The Morgan fingerprint density at radius 2 is 1.47 bits per heavy atom. The molecule has 0 N–H and O–H groups in total. The van der Waals surface area contributed by atoms with Crippen LogP contribution in [0, 0.1) is 10.8 Å². The molecule has 1 heteroatoms. The van der Waals surface area contributed by atoms with Gasteiger partial charge in [0.15, 0.2) is 0 Å². The molecule has 0 aromatic rings. The van der Waals surface area contributed by atoms with E-state index in [0.717, 1.165) is 11.3 Å². The van der Waals surface area contributed by atoms with Crippen molar-refractivity contribution in [3.63, 3.8) is 0 Å². The fraction of sp³-hybridized carbons (Fsp3) is 0.643. The molecule has 1 nitrogen and oxygen atoms in total. The molecule has 0 aliphatic carbocycles. The van der Waals surface area contributed by atoms with Crippen LogP contribution < -0.4 is 0 Å². The van der Waals surface area contributed by atoms with Crippen molar-refractivity contribution >= 4 is 6.21 Å². The smallest absolute Gasteiger partial charge is 0.0414 e. The normalized spacial score (nSPS) is 14.7. The molecule has 0 saturated heterocycles. The lowest BCUT2D eigenvalue weighted by molar-refractivity contribution is 0.496. The molecule has 0 spiro atoms. The standard InChI is InChI=1S/C14H25N/c1-9-12(14(6,7)8)15-10-11(2)13(3,4)5/h9-10H,2H2,1,3-8H3/b12-9-,15-10?. The van der Waals surface area contributed by atoms with E-state index in [9.17, 15) is 0 Å². The number of hydrogen-bond acceptors (Lipinski definition) is 1. The van der Waals surface area contributed by atoms with Gasteiger partial charge in [-0.05, 0) is 17.9 Å². The minimum absolute atomic E-state index is 0.0975. The largest absolute Gasteiger partial charge is 0.261 e. The highest BCUT2D eigenvalue weighted by Gasteiger charge is 2.16. The van der Waals surface area contributed by atoms with E-state index >= 15 is 0 Å². The highest BCUT2D eigenvalue weighted by Crippen LogP contribution is 2.27. The van der Waals surface area contributed by atoms with Crippen LogP contribution >= 0.6 is 0 Å². The molecule has 0 bridgehead atoms. The zero-order valence-electron chi connectivity index (χ0n) is 11.3. The minimum Gasteiger partial charge on any atom is -0.261 e. The lowest BCUT2D eigenvalue weighted by atomic mass is 9.88. The molecule has 0 aromatic carbocycles. The van der Waals surface area contributed by atoms with Gasteiger partial charge in [0, 0.05) is 17.3 Å². The van der Waals surface area contributed by atoms with Gasteiger partial charge in [0.05, 0.1) is 0 Å². The van der Waals surface area contributed by atoms with E-state index in [1.807, 2.05) is 13.1 Å². The number of nitrogens with zero attached hydrogens (tertiary/aromatic N) is 1. The van der Waals surface area contributed by atoms with Crippen LogP contribution in [0.15, 0.2) is 28.9 Å². The summed E-state index contributed by atoms with van der Waals surface area (Å²) in [6, 6.07) is 0. The number of rotatable bonds is 2. The molecule has 0 unspecified atom stereocenters. The molecule has 0 heterocycles. The molecule has 0 aromatic heterocycles. The van der Waals surface area contributed by atoms with Crippen LogP contribution in [-0.2, 0) is 0 Å². The Hall–Kier alpha value is -0.850. The Balaban J connectivity index is 4.75. The number of aliphatic imine (C=N–C) groups is 1. The van der Waals surface area contributed by atoms with Crippen LogP contribution in [0.5, 0.6) is 0 Å². The van der Waals surface area contributed by atoms with Crippen molar-refractivity contribution in [1.29, 1.82) is 0 Å². The van der Waals surface area contributed by atoms with E-state index in [1.165, 1.54) is 0 Å². The van der Waals surface area contributed by atoms with Crippen molar-refractivity contribution in [2.24, 2.45) is 15.8 Å². The van der Waals surface area contributed by atoms with Crippen LogP contribution in [0.3, 0.4) is 0 Å². The molecule has 0 rings (SSSR count). The number of hydrogen-bond donors (Lipinski definition) is 0. The maximum absolute atomic E-state index is 4.52. The topological polar surface area (TPSA) is 12.4 Å². The molecule has 0 radical (unpaired) electrons.